The summed E-state index contributed by atoms with van der Waals surface area (Å²) in [5.41, 5.74) is 0. The van der Waals surface area contributed by atoms with Crippen molar-refractivity contribution < 1.29 is 17.9 Å². The van der Waals surface area contributed by atoms with E-state index in [1.807, 2.05) is 0 Å². The molecule has 0 saturated carbocycles. The lowest BCUT2D eigenvalue weighted by atomic mass is 10.1. The van der Waals surface area contributed by atoms with Crippen molar-refractivity contribution in [2.45, 2.75) is 17.7 Å². The topological polar surface area (TPSA) is 84.5 Å². The zero-order valence-corrected chi connectivity index (χ0v) is 12.9. The van der Waals surface area contributed by atoms with Crippen LogP contribution in [-0.2, 0) is 14.8 Å². The highest BCUT2D eigenvalue weighted by Gasteiger charge is 2.20. The molecule has 20 heavy (non-hydrogen) atoms. The van der Waals surface area contributed by atoms with Gasteiger partial charge in [-0.25, -0.2) is 17.9 Å². The van der Waals surface area contributed by atoms with Crippen LogP contribution in [0.5, 0.6) is 0 Å². The predicted octanol–water partition coefficient (Wildman–Crippen LogP) is 0.813. The Hall–Kier alpha value is -0.960. The Kier molecular flexibility index (Phi) is 5.14. The summed E-state index contributed by atoms with van der Waals surface area (Å²) in [5.74, 6) is 0.0132. The van der Waals surface area contributed by atoms with E-state index >= 15 is 0 Å². The second-order valence-electron chi connectivity index (χ2n) is 4.68. The van der Waals surface area contributed by atoms with Crippen LogP contribution in [0.2, 0.25) is 0 Å². The van der Waals surface area contributed by atoms with Crippen LogP contribution in [0, 0.1) is 5.92 Å². The van der Waals surface area contributed by atoms with E-state index in [2.05, 4.69) is 14.8 Å². The van der Waals surface area contributed by atoms with E-state index in [-0.39, 0.29) is 9.77 Å². The minimum Gasteiger partial charge on any atom is -0.465 e. The number of esters is 1. The van der Waals surface area contributed by atoms with E-state index in [9.17, 15) is 13.2 Å². The number of carbonyl (C=O) groups excluding carboxylic acids is 1. The molecule has 2 rings (SSSR count). The highest BCUT2D eigenvalue weighted by Crippen LogP contribution is 2.20. The first kappa shape index (κ1) is 15.4. The van der Waals surface area contributed by atoms with Crippen molar-refractivity contribution in [2.24, 2.45) is 5.92 Å². The minimum absolute atomic E-state index is 0.118. The van der Waals surface area contributed by atoms with Gasteiger partial charge >= 0.3 is 5.97 Å². The molecule has 0 radical (unpaired) electrons. The van der Waals surface area contributed by atoms with Gasteiger partial charge in [0.1, 0.15) is 4.88 Å². The molecule has 1 atom stereocenters. The van der Waals surface area contributed by atoms with Crippen molar-refractivity contribution >= 4 is 27.3 Å². The summed E-state index contributed by atoms with van der Waals surface area (Å²) in [4.78, 5) is 11.7. The molecule has 1 unspecified atom stereocenters. The van der Waals surface area contributed by atoms with Crippen molar-refractivity contribution in [1.29, 1.82) is 0 Å². The summed E-state index contributed by atoms with van der Waals surface area (Å²) in [6, 6.07) is 1.34. The normalized spacial score (nSPS) is 19.1. The van der Waals surface area contributed by atoms with Gasteiger partial charge < -0.3 is 10.1 Å². The maximum atomic E-state index is 12.1. The fraction of sp³-hybridized carbons (Fsp3) is 0.583. The smallest absolute Gasteiger partial charge is 0.348 e. The number of rotatable bonds is 6. The van der Waals surface area contributed by atoms with Crippen LogP contribution in [0.4, 0.5) is 0 Å². The molecule has 2 heterocycles. The maximum Gasteiger partial charge on any atom is 0.348 e. The number of carbonyl (C=O) groups is 1. The number of hydrogen-bond donors (Lipinski definition) is 2. The third-order valence-electron chi connectivity index (χ3n) is 3.28. The van der Waals surface area contributed by atoms with Crippen molar-refractivity contribution in [2.75, 3.05) is 26.7 Å². The molecule has 2 N–H and O–H groups in total. The first-order chi connectivity index (χ1) is 9.53. The molecule has 0 aromatic carbocycles. The quantitative estimate of drug-likeness (QED) is 0.758. The summed E-state index contributed by atoms with van der Waals surface area (Å²) in [7, 11) is -2.27. The number of methoxy groups -OCH3 is 1. The Morgan fingerprint density at radius 3 is 3.05 bits per heavy atom. The molecule has 0 spiro atoms. The van der Waals surface area contributed by atoms with Crippen molar-refractivity contribution in [3.63, 3.8) is 0 Å². The zero-order valence-electron chi connectivity index (χ0n) is 11.2. The van der Waals surface area contributed by atoms with Crippen molar-refractivity contribution in [3.8, 4) is 0 Å². The number of nitrogens with one attached hydrogen (secondary N) is 2. The average molecular weight is 318 g/mol. The van der Waals surface area contributed by atoms with Gasteiger partial charge in [-0.1, -0.05) is 0 Å². The molecule has 1 aromatic heterocycles. The van der Waals surface area contributed by atoms with Gasteiger partial charge in [-0.15, -0.1) is 11.3 Å². The van der Waals surface area contributed by atoms with Gasteiger partial charge in [-0.05, 0) is 37.9 Å². The lowest BCUT2D eigenvalue weighted by Crippen LogP contribution is -2.26. The third-order valence-corrected chi connectivity index (χ3v) is 5.78. The van der Waals surface area contributed by atoms with Crippen LogP contribution in [0.25, 0.3) is 0 Å². The van der Waals surface area contributed by atoms with E-state index < -0.39 is 16.0 Å². The molecular weight excluding hydrogens is 300 g/mol. The largest absolute Gasteiger partial charge is 0.465 e. The summed E-state index contributed by atoms with van der Waals surface area (Å²) in [6.07, 6.45) is 1.91. The van der Waals surface area contributed by atoms with Gasteiger partial charge in [0, 0.05) is 11.9 Å². The standard InChI is InChI=1S/C12H18N2O4S2/c1-18-12(15)11-6-10(8-19-11)20(16,17)14-5-3-9-2-4-13-7-9/h6,8-9,13-14H,2-5,7H2,1H3. The first-order valence-corrected chi connectivity index (χ1v) is 8.76. The van der Waals surface area contributed by atoms with E-state index in [1.165, 1.54) is 18.6 Å². The van der Waals surface area contributed by atoms with Crippen molar-refractivity contribution in [3.05, 3.63) is 16.3 Å². The molecule has 6 nitrogen and oxygen atoms in total. The predicted molar refractivity (Wildman–Crippen MR) is 76.4 cm³/mol. The Morgan fingerprint density at radius 1 is 1.60 bits per heavy atom. The van der Waals surface area contributed by atoms with Gasteiger partial charge in [0.05, 0.1) is 12.0 Å². The monoisotopic (exact) mass is 318 g/mol. The van der Waals surface area contributed by atoms with Crippen LogP contribution in [-0.4, -0.2) is 41.1 Å². The van der Waals surface area contributed by atoms with E-state index in [1.54, 1.807) is 0 Å². The second kappa shape index (κ2) is 6.66. The van der Waals surface area contributed by atoms with Crippen LogP contribution in [0.3, 0.4) is 0 Å². The molecule has 0 bridgehead atoms. The van der Waals surface area contributed by atoms with Gasteiger partial charge in [0.25, 0.3) is 0 Å². The molecule has 8 heteroatoms. The molecule has 1 saturated heterocycles. The highest BCUT2D eigenvalue weighted by molar-refractivity contribution is 7.89. The maximum absolute atomic E-state index is 12.1. The van der Waals surface area contributed by atoms with E-state index in [0.29, 0.717) is 12.5 Å². The number of sulfonamides is 1. The lowest BCUT2D eigenvalue weighted by molar-refractivity contribution is 0.0606. The lowest BCUT2D eigenvalue weighted by Gasteiger charge is -2.09. The Bertz CT molecular complexity index is 562. The molecule has 112 valence electrons. The summed E-state index contributed by atoms with van der Waals surface area (Å²) in [6.45, 7) is 2.37. The number of thiophene rings is 1. The molecule has 1 aromatic rings. The Labute approximate surface area is 122 Å². The van der Waals surface area contributed by atoms with Crippen LogP contribution < -0.4 is 10.0 Å². The van der Waals surface area contributed by atoms with Gasteiger partial charge in [0.15, 0.2) is 0 Å². The average Bonchev–Trinajstić information content (AvgIpc) is 3.08. The number of ether oxygens (including phenoxy) is 1. The van der Waals surface area contributed by atoms with Gasteiger partial charge in [0.2, 0.25) is 10.0 Å². The fourth-order valence-corrected chi connectivity index (χ4v) is 4.35. The van der Waals surface area contributed by atoms with E-state index in [4.69, 9.17) is 0 Å². The molecule has 1 fully saturated rings. The SMILES string of the molecule is COC(=O)c1cc(S(=O)(=O)NCCC2CCNC2)cs1. The molecule has 1 aliphatic heterocycles. The fourth-order valence-electron chi connectivity index (χ4n) is 2.11. The van der Waals surface area contributed by atoms with Gasteiger partial charge in [-0.3, -0.25) is 0 Å². The minimum atomic E-state index is -3.54. The van der Waals surface area contributed by atoms with Crippen LogP contribution in [0.1, 0.15) is 22.5 Å². The molecule has 0 aliphatic carbocycles. The highest BCUT2D eigenvalue weighted by atomic mass is 32.2. The molecule has 1 aliphatic rings. The second-order valence-corrected chi connectivity index (χ2v) is 7.36. The van der Waals surface area contributed by atoms with Crippen LogP contribution >= 0.6 is 11.3 Å². The molecule has 0 amide bonds. The Balaban J connectivity index is 1.92. The summed E-state index contributed by atoms with van der Waals surface area (Å²) in [5, 5.41) is 4.70. The summed E-state index contributed by atoms with van der Waals surface area (Å²) >= 11 is 1.06. The van der Waals surface area contributed by atoms with Crippen molar-refractivity contribution in [1.82, 2.24) is 10.0 Å². The summed E-state index contributed by atoms with van der Waals surface area (Å²) < 4.78 is 31.2. The molecular formula is C12H18N2O4S2. The third kappa shape index (κ3) is 3.78. The van der Waals surface area contributed by atoms with Crippen LogP contribution in [0.15, 0.2) is 16.3 Å². The zero-order chi connectivity index (χ0) is 14.6. The Morgan fingerprint density at radius 2 is 2.40 bits per heavy atom. The van der Waals surface area contributed by atoms with Gasteiger partial charge in [-0.2, -0.15) is 0 Å². The number of hydrogen-bond acceptors (Lipinski definition) is 6. The first-order valence-electron chi connectivity index (χ1n) is 6.40. The van der Waals surface area contributed by atoms with E-state index in [0.717, 1.165) is 37.3 Å².